The first-order valence-corrected chi connectivity index (χ1v) is 11.2. The molecule has 1 amide bonds. The number of nitrogens with one attached hydrogen (secondary N) is 1. The molecule has 9 heteroatoms. The maximum atomic E-state index is 13.0. The van der Waals surface area contributed by atoms with Crippen LogP contribution in [-0.4, -0.2) is 31.2 Å². The van der Waals surface area contributed by atoms with E-state index in [2.05, 4.69) is 24.3 Å². The molecule has 0 saturated carbocycles. The predicted octanol–water partition coefficient (Wildman–Crippen LogP) is 2.28. The number of hydrogen-bond acceptors (Lipinski definition) is 5. The molecule has 0 aliphatic heterocycles. The third kappa shape index (κ3) is 4.32. The van der Waals surface area contributed by atoms with E-state index in [-0.39, 0.29) is 23.8 Å². The summed E-state index contributed by atoms with van der Waals surface area (Å²) in [5.41, 5.74) is 1.09. The van der Waals surface area contributed by atoms with Crippen LogP contribution in [0.2, 0.25) is 0 Å². The number of rotatable bonds is 8. The lowest BCUT2D eigenvalue weighted by molar-refractivity contribution is -0.121. The molecule has 3 heterocycles. The third-order valence-electron chi connectivity index (χ3n) is 5.19. The number of carbonyl (C=O) groups is 1. The Morgan fingerprint density at radius 2 is 1.94 bits per heavy atom. The molecule has 1 aromatic carbocycles. The number of aromatic nitrogens is 4. The number of thiophene rings is 1. The monoisotopic (exact) mass is 439 g/mol. The number of benzene rings is 1. The molecule has 162 valence electrons. The van der Waals surface area contributed by atoms with E-state index in [4.69, 9.17) is 0 Å². The van der Waals surface area contributed by atoms with Crippen LogP contribution in [0.25, 0.3) is 16.0 Å². The molecule has 0 spiro atoms. The predicted molar refractivity (Wildman–Crippen MR) is 122 cm³/mol. The van der Waals surface area contributed by atoms with E-state index in [1.165, 1.54) is 15.7 Å². The van der Waals surface area contributed by atoms with E-state index < -0.39 is 5.69 Å². The topological polar surface area (TPSA) is 90.4 Å². The lowest BCUT2D eigenvalue weighted by atomic mass is 10.1. The van der Waals surface area contributed by atoms with E-state index in [1.807, 2.05) is 30.3 Å². The summed E-state index contributed by atoms with van der Waals surface area (Å²) in [7, 11) is 0. The van der Waals surface area contributed by atoms with Crippen LogP contribution in [0.5, 0.6) is 0 Å². The quantitative estimate of drug-likeness (QED) is 0.456. The van der Waals surface area contributed by atoms with Gasteiger partial charge in [-0.15, -0.1) is 16.4 Å². The van der Waals surface area contributed by atoms with Gasteiger partial charge in [0.1, 0.15) is 11.2 Å². The zero-order valence-electron chi connectivity index (χ0n) is 17.6. The van der Waals surface area contributed by atoms with Crippen molar-refractivity contribution >= 4 is 33.2 Å². The van der Waals surface area contributed by atoms with Crippen molar-refractivity contribution in [1.82, 2.24) is 24.1 Å². The van der Waals surface area contributed by atoms with Crippen molar-refractivity contribution in [2.24, 2.45) is 5.92 Å². The van der Waals surface area contributed by atoms with Gasteiger partial charge in [0.2, 0.25) is 11.7 Å². The molecule has 0 atom stereocenters. The summed E-state index contributed by atoms with van der Waals surface area (Å²) in [5.74, 6) is 0.382. The molecule has 4 aromatic rings. The molecule has 0 fully saturated rings. The van der Waals surface area contributed by atoms with Crippen molar-refractivity contribution in [1.29, 1.82) is 0 Å². The second kappa shape index (κ2) is 8.89. The Morgan fingerprint density at radius 3 is 2.68 bits per heavy atom. The molecule has 0 radical (unpaired) electrons. The lowest BCUT2D eigenvalue weighted by Crippen LogP contribution is -2.33. The van der Waals surface area contributed by atoms with Gasteiger partial charge in [0, 0.05) is 13.1 Å². The molecule has 4 rings (SSSR count). The SMILES string of the molecule is CC(C)CCn1c(=O)c2sccc2n2c(=O)n(CC(=O)NCCc3ccccc3)nc12. The molecule has 1 N–H and O–H groups in total. The van der Waals surface area contributed by atoms with Crippen LogP contribution in [0.1, 0.15) is 25.8 Å². The Balaban J connectivity index is 1.60. The summed E-state index contributed by atoms with van der Waals surface area (Å²) in [6, 6.07) is 11.6. The maximum absolute atomic E-state index is 13.0. The number of aryl methyl sites for hydroxylation is 1. The highest BCUT2D eigenvalue weighted by molar-refractivity contribution is 7.17. The highest BCUT2D eigenvalue weighted by Crippen LogP contribution is 2.17. The van der Waals surface area contributed by atoms with Crippen molar-refractivity contribution in [2.75, 3.05) is 6.54 Å². The van der Waals surface area contributed by atoms with Crippen LogP contribution in [0.15, 0.2) is 51.4 Å². The molecule has 0 bridgehead atoms. The second-order valence-corrected chi connectivity index (χ2v) is 8.85. The van der Waals surface area contributed by atoms with E-state index in [0.717, 1.165) is 16.7 Å². The van der Waals surface area contributed by atoms with Crippen LogP contribution in [-0.2, 0) is 24.3 Å². The van der Waals surface area contributed by atoms with Gasteiger partial charge in [-0.3, -0.25) is 14.2 Å². The van der Waals surface area contributed by atoms with Gasteiger partial charge in [-0.2, -0.15) is 0 Å². The number of carbonyl (C=O) groups excluding carboxylic acids is 1. The first-order valence-electron chi connectivity index (χ1n) is 10.4. The molecule has 31 heavy (non-hydrogen) atoms. The summed E-state index contributed by atoms with van der Waals surface area (Å²) in [6.07, 6.45) is 1.49. The molecule has 0 aliphatic carbocycles. The molecule has 3 aromatic heterocycles. The first kappa shape index (κ1) is 21.0. The van der Waals surface area contributed by atoms with Gasteiger partial charge < -0.3 is 5.32 Å². The largest absolute Gasteiger partial charge is 0.354 e. The summed E-state index contributed by atoms with van der Waals surface area (Å²) in [4.78, 5) is 38.4. The van der Waals surface area contributed by atoms with E-state index >= 15 is 0 Å². The van der Waals surface area contributed by atoms with Gasteiger partial charge in [0.05, 0.1) is 5.52 Å². The normalized spacial score (nSPS) is 11.6. The van der Waals surface area contributed by atoms with E-state index in [9.17, 15) is 14.4 Å². The minimum atomic E-state index is -0.421. The van der Waals surface area contributed by atoms with Crippen LogP contribution in [0.4, 0.5) is 0 Å². The number of amides is 1. The second-order valence-electron chi connectivity index (χ2n) is 7.94. The average Bonchev–Trinajstić information content (AvgIpc) is 3.34. The van der Waals surface area contributed by atoms with Crippen molar-refractivity contribution in [3.63, 3.8) is 0 Å². The van der Waals surface area contributed by atoms with E-state index in [0.29, 0.717) is 35.6 Å². The minimum Gasteiger partial charge on any atom is -0.354 e. The average molecular weight is 440 g/mol. The highest BCUT2D eigenvalue weighted by Gasteiger charge is 2.19. The van der Waals surface area contributed by atoms with E-state index in [1.54, 1.807) is 16.0 Å². The van der Waals surface area contributed by atoms with Crippen molar-refractivity contribution in [2.45, 2.75) is 39.8 Å². The van der Waals surface area contributed by atoms with Gasteiger partial charge >= 0.3 is 5.69 Å². The fourth-order valence-electron chi connectivity index (χ4n) is 3.51. The Hall–Kier alpha value is -3.20. The summed E-state index contributed by atoms with van der Waals surface area (Å²) in [6.45, 7) is 4.90. The fourth-order valence-corrected chi connectivity index (χ4v) is 4.33. The van der Waals surface area contributed by atoms with Crippen LogP contribution in [0.3, 0.4) is 0 Å². The van der Waals surface area contributed by atoms with Crippen molar-refractivity contribution < 1.29 is 4.79 Å². The Morgan fingerprint density at radius 1 is 1.16 bits per heavy atom. The number of fused-ring (bicyclic) bond motifs is 3. The molecule has 0 saturated heterocycles. The minimum absolute atomic E-state index is 0.150. The van der Waals surface area contributed by atoms with Gasteiger partial charge in [-0.25, -0.2) is 13.9 Å². The van der Waals surface area contributed by atoms with Gasteiger partial charge in [0.25, 0.3) is 5.56 Å². The van der Waals surface area contributed by atoms with Gasteiger partial charge in [-0.1, -0.05) is 44.2 Å². The van der Waals surface area contributed by atoms with Gasteiger partial charge in [0.15, 0.2) is 0 Å². The molecule has 8 nitrogen and oxygen atoms in total. The number of hydrogen-bond donors (Lipinski definition) is 1. The number of nitrogens with zero attached hydrogens (tertiary/aromatic N) is 4. The lowest BCUT2D eigenvalue weighted by Gasteiger charge is -2.09. The first-order chi connectivity index (χ1) is 15.0. The standard InChI is InChI=1S/C22H25N5O3S/c1-15(2)9-12-25-20(29)19-17(10-13-31-19)27-21(25)24-26(22(27)30)14-18(28)23-11-8-16-6-4-3-5-7-16/h3-7,10,13,15H,8-9,11-12,14H2,1-2H3,(H,23,28). The third-order valence-corrected chi connectivity index (χ3v) is 6.08. The summed E-state index contributed by atoms with van der Waals surface area (Å²) in [5, 5.41) is 8.99. The van der Waals surface area contributed by atoms with Gasteiger partial charge in [-0.05, 0) is 35.8 Å². The Bertz CT molecular complexity index is 1330. The summed E-state index contributed by atoms with van der Waals surface area (Å²) < 4.78 is 4.63. The zero-order chi connectivity index (χ0) is 22.0. The highest BCUT2D eigenvalue weighted by atomic mass is 32.1. The fraction of sp³-hybridized carbons (Fsp3) is 0.364. The van der Waals surface area contributed by atoms with Crippen LogP contribution < -0.4 is 16.6 Å². The molecule has 0 unspecified atom stereocenters. The molecular formula is C22H25N5O3S. The maximum Gasteiger partial charge on any atom is 0.352 e. The summed E-state index contributed by atoms with van der Waals surface area (Å²) >= 11 is 1.31. The van der Waals surface area contributed by atoms with Crippen LogP contribution in [0, 0.1) is 5.92 Å². The Labute approximate surface area is 182 Å². The Kier molecular flexibility index (Phi) is 6.03. The molecular weight excluding hydrogens is 414 g/mol. The van der Waals surface area contributed by atoms with Crippen molar-refractivity contribution in [3.8, 4) is 0 Å². The van der Waals surface area contributed by atoms with Crippen LogP contribution >= 0.6 is 11.3 Å². The zero-order valence-corrected chi connectivity index (χ0v) is 18.4. The van der Waals surface area contributed by atoms with Crippen molar-refractivity contribution in [3.05, 3.63) is 68.2 Å². The smallest absolute Gasteiger partial charge is 0.352 e. The molecule has 0 aliphatic rings.